The molecule has 138 valence electrons. The number of likely N-dealkylation sites (tertiary alicyclic amines) is 1. The molecule has 5 atom stereocenters. The maximum atomic E-state index is 12.9. The molecule has 2 aliphatic heterocycles. The molecule has 2 saturated carbocycles. The number of ketones is 1. The van der Waals surface area contributed by atoms with Gasteiger partial charge in [-0.2, -0.15) is 0 Å². The first-order valence-corrected chi connectivity index (χ1v) is 10.3. The molecule has 4 unspecified atom stereocenters. The van der Waals surface area contributed by atoms with Crippen LogP contribution in [0.3, 0.4) is 0 Å². The lowest BCUT2D eigenvalue weighted by atomic mass is 9.48. The summed E-state index contributed by atoms with van der Waals surface area (Å²) in [5.41, 5.74) is 2.27. The van der Waals surface area contributed by atoms with E-state index in [4.69, 9.17) is 4.74 Å². The van der Waals surface area contributed by atoms with Crippen LogP contribution in [0, 0.1) is 12.8 Å². The van der Waals surface area contributed by atoms with Gasteiger partial charge in [-0.1, -0.05) is 12.1 Å². The van der Waals surface area contributed by atoms with Crippen molar-refractivity contribution in [1.29, 1.82) is 0 Å². The van der Waals surface area contributed by atoms with E-state index in [1.54, 1.807) is 0 Å². The number of quaternary nitrogens is 1. The van der Waals surface area contributed by atoms with Crippen molar-refractivity contribution in [3.05, 3.63) is 28.8 Å². The second kappa shape index (κ2) is 4.53. The molecule has 0 amide bonds. The van der Waals surface area contributed by atoms with Crippen LogP contribution < -0.4 is 4.74 Å². The van der Waals surface area contributed by atoms with Crippen LogP contribution in [0.25, 0.3) is 0 Å². The number of aliphatic hydroxyl groups is 1. The van der Waals surface area contributed by atoms with E-state index in [1.807, 2.05) is 0 Å². The number of carbonyl (C=O) groups is 1. The van der Waals surface area contributed by atoms with Gasteiger partial charge in [0.25, 0.3) is 0 Å². The Hall–Kier alpha value is -1.39. The first-order chi connectivity index (χ1) is 12.4. The zero-order valence-corrected chi connectivity index (χ0v) is 15.8. The quantitative estimate of drug-likeness (QED) is 0.829. The fourth-order valence-electron chi connectivity index (χ4n) is 7.09. The molecule has 2 heterocycles. The molecule has 4 heteroatoms. The second-order valence-corrected chi connectivity index (χ2v) is 9.90. The molecular weight excluding hydrogens is 326 g/mol. The fourth-order valence-corrected chi connectivity index (χ4v) is 7.09. The lowest BCUT2D eigenvalue weighted by Gasteiger charge is -2.64. The maximum Gasteiger partial charge on any atom is 0.174 e. The van der Waals surface area contributed by atoms with E-state index < -0.39 is 17.1 Å². The third kappa shape index (κ3) is 1.59. The molecule has 0 radical (unpaired) electrons. The van der Waals surface area contributed by atoms with Crippen molar-refractivity contribution in [3.8, 4) is 5.75 Å². The second-order valence-electron chi connectivity index (χ2n) is 9.90. The molecule has 26 heavy (non-hydrogen) atoms. The van der Waals surface area contributed by atoms with Crippen molar-refractivity contribution in [3.63, 3.8) is 0 Å². The first-order valence-electron chi connectivity index (χ1n) is 10.3. The smallest absolute Gasteiger partial charge is 0.174 e. The van der Waals surface area contributed by atoms with E-state index in [0.717, 1.165) is 41.1 Å². The van der Waals surface area contributed by atoms with E-state index in [1.165, 1.54) is 30.5 Å². The van der Waals surface area contributed by atoms with Gasteiger partial charge in [0.2, 0.25) is 0 Å². The van der Waals surface area contributed by atoms with Crippen molar-refractivity contribution < 1.29 is 19.1 Å². The van der Waals surface area contributed by atoms with Gasteiger partial charge >= 0.3 is 0 Å². The summed E-state index contributed by atoms with van der Waals surface area (Å²) in [6.07, 6.45) is 5.03. The van der Waals surface area contributed by atoms with Gasteiger partial charge in [-0.15, -0.1) is 0 Å². The van der Waals surface area contributed by atoms with Crippen LogP contribution >= 0.6 is 0 Å². The largest absolute Gasteiger partial charge is 0.481 e. The Labute approximate surface area is 154 Å². The third-order valence-corrected chi connectivity index (χ3v) is 8.49. The molecule has 6 rings (SSSR count). The van der Waals surface area contributed by atoms with E-state index in [-0.39, 0.29) is 11.8 Å². The monoisotopic (exact) mass is 354 g/mol. The SMILES string of the molecule is Cc1ccc2c3c1OC1C(=O)CC[C@@]4(O)C(C2)[N+](C)(CC2CC2)CCC314. The molecule has 1 aromatic rings. The molecule has 3 aliphatic carbocycles. The van der Waals surface area contributed by atoms with Crippen molar-refractivity contribution >= 4 is 5.78 Å². The van der Waals surface area contributed by atoms with Crippen LogP contribution in [0.2, 0.25) is 0 Å². The molecule has 5 aliphatic rings. The molecule has 4 nitrogen and oxygen atoms in total. The van der Waals surface area contributed by atoms with Crippen LogP contribution in [-0.4, -0.2) is 53.3 Å². The highest BCUT2D eigenvalue weighted by Crippen LogP contribution is 2.65. The highest BCUT2D eigenvalue weighted by Gasteiger charge is 2.76. The van der Waals surface area contributed by atoms with E-state index in [0.29, 0.717) is 12.8 Å². The Morgan fingerprint density at radius 2 is 2.12 bits per heavy atom. The number of hydrogen-bond donors (Lipinski definition) is 1. The minimum Gasteiger partial charge on any atom is -0.481 e. The van der Waals surface area contributed by atoms with E-state index >= 15 is 0 Å². The lowest BCUT2D eigenvalue weighted by Crippen LogP contribution is -2.80. The number of piperidine rings is 1. The number of Topliss-reactive ketones (excluding diaryl/α,β-unsaturated/α-hetero) is 1. The molecule has 1 spiro atoms. The minimum absolute atomic E-state index is 0.178. The van der Waals surface area contributed by atoms with Crippen molar-refractivity contribution in [2.24, 2.45) is 5.92 Å². The number of carbonyl (C=O) groups excluding carboxylic acids is 1. The number of nitrogens with zero attached hydrogens (tertiary/aromatic N) is 1. The van der Waals surface area contributed by atoms with Gasteiger partial charge in [-0.3, -0.25) is 4.79 Å². The normalized spacial score (nSPS) is 45.3. The van der Waals surface area contributed by atoms with Crippen LogP contribution in [0.1, 0.15) is 48.8 Å². The summed E-state index contributed by atoms with van der Waals surface area (Å²) in [6, 6.07) is 4.55. The van der Waals surface area contributed by atoms with Crippen LogP contribution in [0.15, 0.2) is 12.1 Å². The zero-order valence-electron chi connectivity index (χ0n) is 15.8. The van der Waals surface area contributed by atoms with Gasteiger partial charge in [0.05, 0.1) is 25.6 Å². The number of rotatable bonds is 2. The standard InChI is InChI=1S/C22H28NO3/c1-13-3-6-15-11-17-22(25)8-7-16(24)20-21(22,18(15)19(13)26-20)9-10-23(17,2)12-14-4-5-14/h3,6,14,17,20,25H,4-5,7-12H2,1-2H3/q+1/t17?,20?,21?,22-,23?/m1/s1. The molecule has 1 aromatic carbocycles. The highest BCUT2D eigenvalue weighted by molar-refractivity contribution is 5.89. The van der Waals surface area contributed by atoms with Crippen molar-refractivity contribution in [2.45, 2.75) is 68.6 Å². The molecule has 0 aromatic heterocycles. The molecule has 1 N–H and O–H groups in total. The van der Waals surface area contributed by atoms with Crippen LogP contribution in [0.4, 0.5) is 0 Å². The average Bonchev–Trinajstić information content (AvgIpc) is 3.32. The molecular formula is C22H28NO3+. The van der Waals surface area contributed by atoms with Crippen LogP contribution in [0.5, 0.6) is 5.75 Å². The minimum atomic E-state index is -0.820. The summed E-state index contributed by atoms with van der Waals surface area (Å²) >= 11 is 0. The number of hydrogen-bond acceptors (Lipinski definition) is 3. The van der Waals surface area contributed by atoms with Crippen molar-refractivity contribution in [1.82, 2.24) is 0 Å². The summed E-state index contributed by atoms with van der Waals surface area (Å²) in [5, 5.41) is 12.2. The average molecular weight is 354 g/mol. The van der Waals surface area contributed by atoms with Gasteiger partial charge in [0.15, 0.2) is 11.9 Å². The molecule has 2 bridgehead atoms. The van der Waals surface area contributed by atoms with Gasteiger partial charge in [0, 0.05) is 30.7 Å². The lowest BCUT2D eigenvalue weighted by molar-refractivity contribution is -0.950. The van der Waals surface area contributed by atoms with Crippen LogP contribution in [-0.2, 0) is 16.6 Å². The maximum absolute atomic E-state index is 12.9. The Kier molecular flexibility index (Phi) is 2.73. The number of likely N-dealkylation sites (N-methyl/N-ethyl adjacent to an activating group) is 1. The molecule has 3 fully saturated rings. The van der Waals surface area contributed by atoms with Gasteiger partial charge in [-0.25, -0.2) is 0 Å². The summed E-state index contributed by atoms with van der Waals surface area (Å²) in [6.45, 7) is 4.29. The Balaban J connectivity index is 1.60. The third-order valence-electron chi connectivity index (χ3n) is 8.49. The number of benzene rings is 1. The van der Waals surface area contributed by atoms with Gasteiger partial charge in [0.1, 0.15) is 17.4 Å². The highest BCUT2D eigenvalue weighted by atomic mass is 16.5. The Morgan fingerprint density at radius 3 is 2.88 bits per heavy atom. The predicted octanol–water partition coefficient (Wildman–Crippen LogP) is 2.27. The molecule has 1 saturated heterocycles. The van der Waals surface area contributed by atoms with Gasteiger partial charge < -0.3 is 14.3 Å². The van der Waals surface area contributed by atoms with E-state index in [2.05, 4.69) is 26.1 Å². The summed E-state index contributed by atoms with van der Waals surface area (Å²) in [4.78, 5) is 12.9. The Morgan fingerprint density at radius 1 is 1.31 bits per heavy atom. The zero-order chi connectivity index (χ0) is 17.9. The Bertz CT molecular complexity index is 846. The van der Waals surface area contributed by atoms with E-state index in [9.17, 15) is 9.90 Å². The number of aryl methyl sites for hydroxylation is 1. The fraction of sp³-hybridized carbons (Fsp3) is 0.682. The predicted molar refractivity (Wildman–Crippen MR) is 97.2 cm³/mol. The van der Waals surface area contributed by atoms with Gasteiger partial charge in [-0.05, 0) is 37.3 Å². The topological polar surface area (TPSA) is 46.5 Å². The summed E-state index contributed by atoms with van der Waals surface area (Å²) in [7, 11) is 2.36. The number of ether oxygens (including phenoxy) is 1. The summed E-state index contributed by atoms with van der Waals surface area (Å²) in [5.74, 6) is 1.92. The first kappa shape index (κ1) is 15.6. The van der Waals surface area contributed by atoms with Crippen molar-refractivity contribution in [2.75, 3.05) is 20.1 Å². The summed E-state index contributed by atoms with van der Waals surface area (Å²) < 4.78 is 7.30.